The van der Waals surface area contributed by atoms with Crippen molar-refractivity contribution >= 4 is 71.4 Å². The molecule has 0 bridgehead atoms. The van der Waals surface area contributed by atoms with Crippen molar-refractivity contribution in [3.05, 3.63) is 317 Å². The van der Waals surface area contributed by atoms with Gasteiger partial charge in [0.15, 0.2) is 30.7 Å². The van der Waals surface area contributed by atoms with Gasteiger partial charge in [0.1, 0.15) is 74.1 Å². The van der Waals surface area contributed by atoms with Crippen LogP contribution in [0.3, 0.4) is 0 Å². The highest BCUT2D eigenvalue weighted by Crippen LogP contribution is 2.44. The molecule has 9 aromatic rings. The van der Waals surface area contributed by atoms with E-state index in [2.05, 4.69) is 5.32 Å². The molecule has 0 aromatic heterocycles. The zero-order valence-corrected chi connectivity index (χ0v) is 61.9. The molecule has 3 saturated heterocycles. The Balaban J connectivity index is 1.03. The first-order valence-corrected chi connectivity index (χ1v) is 36.9. The number of amides is 1. The average molecular weight is 1570 g/mol. The van der Waals surface area contributed by atoms with E-state index in [0.29, 0.717) is 4.90 Å². The van der Waals surface area contributed by atoms with Crippen LogP contribution in [0.15, 0.2) is 278 Å². The lowest BCUT2D eigenvalue weighted by Crippen LogP contribution is -2.71. The molecule has 12 rings (SSSR count). The number of ether oxygens (including phenoxy) is 14. The van der Waals surface area contributed by atoms with Crippen molar-refractivity contribution in [3.8, 4) is 0 Å². The zero-order chi connectivity index (χ0) is 80.1. The van der Waals surface area contributed by atoms with Gasteiger partial charge in [0.05, 0.1) is 64.1 Å². The van der Waals surface area contributed by atoms with E-state index in [1.54, 1.807) is 140 Å². The van der Waals surface area contributed by atoms with Crippen molar-refractivity contribution in [3.63, 3.8) is 0 Å². The largest absolute Gasteiger partial charge is 0.465 e. The van der Waals surface area contributed by atoms with Crippen molar-refractivity contribution in [1.29, 1.82) is 0 Å². The standard InChI is InChI=1S/C86H77NO26S/c1-52(88)87-66-62(104-78(94)56-36-18-6-19-37-56)48-86(85(99)100-2,112-71(66)67(89)63(105-79(95)57-38-20-7-21-39-57)49-101-75(91)53-30-12-3-13-31-53)113-72-68(90)83(106-64(50-102-76(92)54-32-14-4-15-33-54)69(72)108-80(96)58-40-22-8-23-41-58)111-70-65(51-103-77(93)55-34-16-5-17-35-55)107-84(114-61-46-28-11-29-47-61)74(110-82(98)60-44-26-10-27-45-60)73(70)109-81(97)59-42-24-9-25-43-59/h3-47,62-74,83-84,89-90H,48-51H2,1-2H3,(H,87,88)/t62-,63+,64+,65+,66+,67+,68+,69-,70+,71+,72+,73-,74+,83-,84-,86-/m0/s1. The van der Waals surface area contributed by atoms with Crippen LogP contribution < -0.4 is 5.32 Å². The molecule has 27 nitrogen and oxygen atoms in total. The van der Waals surface area contributed by atoms with E-state index in [4.69, 9.17) is 66.3 Å². The predicted molar refractivity (Wildman–Crippen MR) is 402 cm³/mol. The van der Waals surface area contributed by atoms with E-state index in [9.17, 15) is 48.6 Å². The van der Waals surface area contributed by atoms with Crippen LogP contribution in [0.1, 0.15) is 96.2 Å². The van der Waals surface area contributed by atoms with E-state index in [1.165, 1.54) is 133 Å². The van der Waals surface area contributed by atoms with Crippen molar-refractivity contribution in [1.82, 2.24) is 5.32 Å². The van der Waals surface area contributed by atoms with Gasteiger partial charge in [-0.15, -0.1) is 0 Å². The average Bonchev–Trinajstić information content (AvgIpc) is 0.715. The van der Waals surface area contributed by atoms with Gasteiger partial charge < -0.3 is 81.8 Å². The molecule has 1 amide bonds. The third kappa shape index (κ3) is 20.5. The van der Waals surface area contributed by atoms with E-state index in [-0.39, 0.29) is 44.5 Å². The summed E-state index contributed by atoms with van der Waals surface area (Å²) in [6, 6.07) is 67.2. The summed E-state index contributed by atoms with van der Waals surface area (Å²) < 4.78 is 89.5. The topological polar surface area (TPSA) is 352 Å². The minimum atomic E-state index is -3.30. The third-order valence-electron chi connectivity index (χ3n) is 18.4. The number of esters is 9. The molecule has 3 N–H and O–H groups in total. The molecule has 3 aliphatic rings. The van der Waals surface area contributed by atoms with Crippen LogP contribution >= 0.6 is 11.8 Å². The van der Waals surface area contributed by atoms with E-state index in [0.717, 1.165) is 25.8 Å². The highest BCUT2D eigenvalue weighted by atomic mass is 32.2. The monoisotopic (exact) mass is 1570 g/mol. The van der Waals surface area contributed by atoms with E-state index >= 15 is 9.59 Å². The second-order valence-electron chi connectivity index (χ2n) is 26.2. The predicted octanol–water partition coefficient (Wildman–Crippen LogP) is 9.58. The first-order valence-electron chi connectivity index (χ1n) is 36.1. The molecule has 3 heterocycles. The number of carbonyl (C=O) groups excluding carboxylic acids is 10. The number of aliphatic hydroxyl groups excluding tert-OH is 2. The van der Waals surface area contributed by atoms with Crippen LogP contribution in [-0.2, 0) is 75.9 Å². The van der Waals surface area contributed by atoms with Gasteiger partial charge in [-0.3, -0.25) is 4.79 Å². The van der Waals surface area contributed by atoms with Crippen molar-refractivity contribution in [2.45, 2.75) is 115 Å². The van der Waals surface area contributed by atoms with Crippen LogP contribution in [0.5, 0.6) is 0 Å². The Bertz CT molecular complexity index is 4740. The number of hydrogen-bond acceptors (Lipinski definition) is 27. The normalized spacial score (nSPS) is 23.6. The molecular weight excluding hydrogens is 1490 g/mol. The molecule has 9 aromatic carbocycles. The van der Waals surface area contributed by atoms with Gasteiger partial charge in [0, 0.05) is 11.8 Å². The highest BCUT2D eigenvalue weighted by Gasteiger charge is 2.63. The molecule has 588 valence electrons. The number of methoxy groups -OCH3 is 1. The van der Waals surface area contributed by atoms with Gasteiger partial charge in [-0.05, 0) is 109 Å². The summed E-state index contributed by atoms with van der Waals surface area (Å²) >= 11 is 1.01. The molecule has 114 heavy (non-hydrogen) atoms. The zero-order valence-electron chi connectivity index (χ0n) is 61.1. The maximum absolute atomic E-state index is 15.7. The molecular formula is C86H77NO26S. The summed E-state index contributed by atoms with van der Waals surface area (Å²) in [5.41, 5.74) is -1.63. The quantitative estimate of drug-likeness (QED) is 0.0290. The van der Waals surface area contributed by atoms with Gasteiger partial charge in [0.25, 0.3) is 5.79 Å². The van der Waals surface area contributed by atoms with Gasteiger partial charge in [-0.25, -0.2) is 43.2 Å². The Morgan fingerprint density at radius 2 is 0.816 bits per heavy atom. The fourth-order valence-corrected chi connectivity index (χ4v) is 14.0. The number of aliphatic hydroxyl groups is 2. The number of hydrogen-bond donors (Lipinski definition) is 3. The SMILES string of the molecule is COC(=O)[C@@]1(O[C@@H]2[C@@H](O)[C@H](O[C@H]3[C@H](OC(=O)c4ccccc4)[C@@H](OC(=O)c4ccccc4)[C@H](Sc4ccccc4)O[C@@H]3COC(=O)c3ccccc3)O[C@H](COC(=O)c3ccccc3)[C@@H]2OC(=O)c2ccccc2)C[C@H](OC(=O)c2ccccc2)[C@@H](NC(C)=O)[C@H]([C@H](O)[C@@H](COC(=O)c2ccccc2)OC(=O)c2ccccc2)O1. The van der Waals surface area contributed by atoms with Crippen molar-refractivity contribution in [2.24, 2.45) is 0 Å². The van der Waals surface area contributed by atoms with Gasteiger partial charge in [-0.2, -0.15) is 0 Å². The van der Waals surface area contributed by atoms with Crippen LogP contribution in [0.2, 0.25) is 0 Å². The van der Waals surface area contributed by atoms with Gasteiger partial charge in [-0.1, -0.05) is 176 Å². The van der Waals surface area contributed by atoms with Crippen LogP contribution in [0, 0.1) is 0 Å². The second-order valence-corrected chi connectivity index (χ2v) is 27.3. The van der Waals surface area contributed by atoms with E-state index in [1.807, 2.05) is 0 Å². The third-order valence-corrected chi connectivity index (χ3v) is 19.6. The highest BCUT2D eigenvalue weighted by molar-refractivity contribution is 7.99. The molecule has 0 spiro atoms. The lowest BCUT2D eigenvalue weighted by molar-refractivity contribution is -0.379. The molecule has 0 radical (unpaired) electrons. The minimum absolute atomic E-state index is 0.00152. The summed E-state index contributed by atoms with van der Waals surface area (Å²) in [6.45, 7) is -1.69. The molecule has 16 atom stereocenters. The number of rotatable bonds is 29. The minimum Gasteiger partial charge on any atom is -0.465 e. The Kier molecular flexibility index (Phi) is 27.6. The number of benzene rings is 9. The fraction of sp³-hybridized carbons (Fsp3) is 0.256. The Morgan fingerprint density at radius 3 is 1.24 bits per heavy atom. The Labute approximate surface area is 657 Å². The Morgan fingerprint density at radius 1 is 0.447 bits per heavy atom. The molecule has 3 aliphatic heterocycles. The molecule has 0 aliphatic carbocycles. The summed E-state index contributed by atoms with van der Waals surface area (Å²) in [7, 11) is 0.876. The van der Waals surface area contributed by atoms with Crippen molar-refractivity contribution in [2.75, 3.05) is 26.9 Å². The summed E-state index contributed by atoms with van der Waals surface area (Å²) in [5, 5.41) is 29.7. The van der Waals surface area contributed by atoms with Gasteiger partial charge in [0.2, 0.25) is 5.91 Å². The van der Waals surface area contributed by atoms with Crippen LogP contribution in [-0.4, -0.2) is 194 Å². The fourth-order valence-electron chi connectivity index (χ4n) is 12.8. The maximum Gasteiger partial charge on any atom is 0.366 e. The lowest BCUT2D eigenvalue weighted by atomic mass is 9.87. The Hall–Kier alpha value is -12.3. The molecule has 0 unspecified atom stereocenters. The number of nitrogens with one attached hydrogen (secondary N) is 1. The maximum atomic E-state index is 15.7. The first-order chi connectivity index (χ1) is 55.3. The summed E-state index contributed by atoms with van der Waals surface area (Å²) in [6.07, 6.45) is -28.8. The molecule has 0 saturated carbocycles. The lowest BCUT2D eigenvalue weighted by Gasteiger charge is -2.52. The molecule has 28 heteroatoms. The number of carbonyl (C=O) groups is 10. The second kappa shape index (κ2) is 38.8. The van der Waals surface area contributed by atoms with E-state index < -0.39 is 183 Å². The first kappa shape index (κ1) is 81.2. The van der Waals surface area contributed by atoms with Gasteiger partial charge >= 0.3 is 53.7 Å². The molecule has 3 fully saturated rings. The smallest absolute Gasteiger partial charge is 0.366 e. The number of thioether (sulfide) groups is 1. The van der Waals surface area contributed by atoms with Crippen LogP contribution in [0.4, 0.5) is 0 Å². The van der Waals surface area contributed by atoms with Crippen LogP contribution in [0.25, 0.3) is 0 Å². The summed E-state index contributed by atoms with van der Waals surface area (Å²) in [4.78, 5) is 146. The van der Waals surface area contributed by atoms with Crippen molar-refractivity contribution < 1.29 is 124 Å². The summed E-state index contributed by atoms with van der Waals surface area (Å²) in [5.74, 6) is -14.0.